The van der Waals surface area contributed by atoms with Crippen molar-refractivity contribution >= 4 is 23.2 Å². The molecule has 6 heteroatoms. The smallest absolute Gasteiger partial charge is 0.224 e. The molecule has 5 nitrogen and oxygen atoms in total. The third-order valence-electron chi connectivity index (χ3n) is 2.17. The lowest BCUT2D eigenvalue weighted by molar-refractivity contribution is -0.116. The number of carbonyl (C=O) groups is 2. The van der Waals surface area contributed by atoms with E-state index in [0.29, 0.717) is 25.1 Å². The number of rotatable bonds is 5. The second-order valence-corrected chi connectivity index (χ2v) is 3.82. The van der Waals surface area contributed by atoms with E-state index in [1.54, 1.807) is 0 Å². The summed E-state index contributed by atoms with van der Waals surface area (Å²) in [4.78, 5) is 22.3. The zero-order chi connectivity index (χ0) is 13.5. The number of nitrogens with one attached hydrogen (secondary N) is 2. The van der Waals surface area contributed by atoms with Gasteiger partial charge in [0.1, 0.15) is 5.82 Å². The highest BCUT2D eigenvalue weighted by molar-refractivity contribution is 5.93. The molecular weight excluding hydrogens is 237 g/mol. The van der Waals surface area contributed by atoms with Crippen LogP contribution in [0.25, 0.3) is 0 Å². The van der Waals surface area contributed by atoms with Gasteiger partial charge in [-0.05, 0) is 31.2 Å². The molecule has 0 bridgehead atoms. The number of hydrogen-bond acceptors (Lipinski definition) is 3. The first-order chi connectivity index (χ1) is 8.52. The molecular formula is C12H16FN3O2. The molecule has 0 aromatic heterocycles. The monoisotopic (exact) mass is 253 g/mol. The molecule has 0 aliphatic carbocycles. The van der Waals surface area contributed by atoms with Crippen LogP contribution in [0.5, 0.6) is 0 Å². The molecule has 0 radical (unpaired) electrons. The number of amides is 2. The summed E-state index contributed by atoms with van der Waals surface area (Å²) in [5, 5.41) is 4.95. The van der Waals surface area contributed by atoms with Crippen molar-refractivity contribution in [1.82, 2.24) is 0 Å². The number of nitrogens with two attached hydrogens (primary N) is 1. The summed E-state index contributed by atoms with van der Waals surface area (Å²) in [6.07, 6.45) is 0.898. The van der Waals surface area contributed by atoms with E-state index in [0.717, 1.165) is 0 Å². The van der Waals surface area contributed by atoms with Crippen molar-refractivity contribution in [3.8, 4) is 0 Å². The predicted molar refractivity (Wildman–Crippen MR) is 67.6 cm³/mol. The van der Waals surface area contributed by atoms with Gasteiger partial charge in [0.15, 0.2) is 0 Å². The fourth-order valence-electron chi connectivity index (χ4n) is 1.37. The fraction of sp³-hybridized carbons (Fsp3) is 0.333. The summed E-state index contributed by atoms with van der Waals surface area (Å²) in [5.74, 6) is -1.12. The summed E-state index contributed by atoms with van der Waals surface area (Å²) in [6.45, 7) is 1.72. The van der Waals surface area contributed by atoms with Crippen LogP contribution in [0.4, 0.5) is 15.8 Å². The van der Waals surface area contributed by atoms with Gasteiger partial charge in [0.05, 0.1) is 5.69 Å². The number of halogens is 1. The van der Waals surface area contributed by atoms with E-state index < -0.39 is 5.82 Å². The van der Waals surface area contributed by atoms with Crippen molar-refractivity contribution in [3.63, 3.8) is 0 Å². The van der Waals surface area contributed by atoms with Crippen LogP contribution in [0, 0.1) is 5.82 Å². The summed E-state index contributed by atoms with van der Waals surface area (Å²) in [5.41, 5.74) is 5.77. The average molecular weight is 253 g/mol. The van der Waals surface area contributed by atoms with Crippen LogP contribution in [0.3, 0.4) is 0 Å². The molecule has 0 atom stereocenters. The van der Waals surface area contributed by atoms with E-state index in [4.69, 9.17) is 5.73 Å². The summed E-state index contributed by atoms with van der Waals surface area (Å²) in [7, 11) is 0. The fourth-order valence-corrected chi connectivity index (χ4v) is 1.37. The first-order valence-corrected chi connectivity index (χ1v) is 5.60. The maximum atomic E-state index is 13.3. The molecule has 0 aliphatic rings. The topological polar surface area (TPSA) is 84.2 Å². The van der Waals surface area contributed by atoms with E-state index in [9.17, 15) is 14.0 Å². The van der Waals surface area contributed by atoms with Crippen LogP contribution < -0.4 is 16.4 Å². The minimum Gasteiger partial charge on any atom is -0.330 e. The van der Waals surface area contributed by atoms with Crippen LogP contribution in [0.1, 0.15) is 19.8 Å². The van der Waals surface area contributed by atoms with Crippen LogP contribution in [-0.4, -0.2) is 18.4 Å². The third kappa shape index (κ3) is 4.50. The van der Waals surface area contributed by atoms with E-state index in [2.05, 4.69) is 10.6 Å². The van der Waals surface area contributed by atoms with Crippen molar-refractivity contribution in [2.45, 2.75) is 19.8 Å². The van der Waals surface area contributed by atoms with Crippen LogP contribution in [0.15, 0.2) is 18.2 Å². The van der Waals surface area contributed by atoms with Gasteiger partial charge in [-0.3, -0.25) is 9.59 Å². The normalized spacial score (nSPS) is 9.94. The highest BCUT2D eigenvalue weighted by Gasteiger charge is 2.07. The Kier molecular flexibility index (Phi) is 5.26. The third-order valence-corrected chi connectivity index (χ3v) is 2.17. The Morgan fingerprint density at radius 1 is 1.33 bits per heavy atom. The Morgan fingerprint density at radius 2 is 2.06 bits per heavy atom. The largest absolute Gasteiger partial charge is 0.330 e. The lowest BCUT2D eigenvalue weighted by Crippen LogP contribution is -2.14. The molecule has 0 saturated carbocycles. The van der Waals surface area contributed by atoms with E-state index in [-0.39, 0.29) is 17.5 Å². The first-order valence-electron chi connectivity index (χ1n) is 5.60. The second kappa shape index (κ2) is 6.70. The SMILES string of the molecule is CC(=O)Nc1cc(NC(=O)CCCN)ccc1F. The lowest BCUT2D eigenvalue weighted by Gasteiger charge is -2.08. The minimum absolute atomic E-state index is 0.0409. The Hall–Kier alpha value is -1.95. The predicted octanol–water partition coefficient (Wildman–Crippen LogP) is 1.46. The standard InChI is InChI=1S/C12H16FN3O2/c1-8(17)15-11-7-9(4-5-10(11)13)16-12(18)3-2-6-14/h4-5,7H,2-3,6,14H2,1H3,(H,15,17)(H,16,18). The zero-order valence-corrected chi connectivity index (χ0v) is 10.1. The zero-order valence-electron chi connectivity index (χ0n) is 10.1. The maximum Gasteiger partial charge on any atom is 0.224 e. The highest BCUT2D eigenvalue weighted by atomic mass is 19.1. The Morgan fingerprint density at radius 3 is 2.67 bits per heavy atom. The molecule has 18 heavy (non-hydrogen) atoms. The van der Waals surface area contributed by atoms with Crippen molar-refractivity contribution in [2.75, 3.05) is 17.2 Å². The van der Waals surface area contributed by atoms with Gasteiger partial charge < -0.3 is 16.4 Å². The van der Waals surface area contributed by atoms with Crippen LogP contribution in [-0.2, 0) is 9.59 Å². The van der Waals surface area contributed by atoms with Crippen molar-refractivity contribution in [1.29, 1.82) is 0 Å². The van der Waals surface area contributed by atoms with Gasteiger partial charge in [0.2, 0.25) is 11.8 Å². The van der Waals surface area contributed by atoms with E-state index >= 15 is 0 Å². The number of anilines is 2. The van der Waals surface area contributed by atoms with Gasteiger partial charge in [0.25, 0.3) is 0 Å². The maximum absolute atomic E-state index is 13.3. The summed E-state index contributed by atoms with van der Waals surface area (Å²) in [6, 6.07) is 3.99. The first kappa shape index (κ1) is 14.1. The minimum atomic E-state index is -0.551. The van der Waals surface area contributed by atoms with Crippen LogP contribution in [0.2, 0.25) is 0 Å². The van der Waals surface area contributed by atoms with Gasteiger partial charge >= 0.3 is 0 Å². The van der Waals surface area contributed by atoms with Crippen LogP contribution >= 0.6 is 0 Å². The van der Waals surface area contributed by atoms with Gasteiger partial charge in [-0.1, -0.05) is 0 Å². The molecule has 2 amide bonds. The van der Waals surface area contributed by atoms with E-state index in [1.165, 1.54) is 25.1 Å². The summed E-state index contributed by atoms with van der Waals surface area (Å²) >= 11 is 0. The van der Waals surface area contributed by atoms with Gasteiger partial charge in [-0.25, -0.2) is 4.39 Å². The molecule has 0 unspecified atom stereocenters. The number of carbonyl (C=O) groups excluding carboxylic acids is 2. The van der Waals surface area contributed by atoms with Gasteiger partial charge in [-0.15, -0.1) is 0 Å². The molecule has 0 saturated heterocycles. The second-order valence-electron chi connectivity index (χ2n) is 3.82. The molecule has 4 N–H and O–H groups in total. The van der Waals surface area contributed by atoms with Gasteiger partial charge in [-0.2, -0.15) is 0 Å². The molecule has 1 rings (SSSR count). The number of benzene rings is 1. The molecule has 0 spiro atoms. The molecule has 0 fully saturated rings. The lowest BCUT2D eigenvalue weighted by atomic mass is 10.2. The molecule has 1 aromatic rings. The van der Waals surface area contributed by atoms with Crippen molar-refractivity contribution in [2.24, 2.45) is 5.73 Å². The van der Waals surface area contributed by atoms with Crippen molar-refractivity contribution < 1.29 is 14.0 Å². The Bertz CT molecular complexity index is 449. The molecule has 0 heterocycles. The highest BCUT2D eigenvalue weighted by Crippen LogP contribution is 2.19. The molecule has 1 aromatic carbocycles. The average Bonchev–Trinajstić information content (AvgIpc) is 2.30. The molecule has 98 valence electrons. The van der Waals surface area contributed by atoms with E-state index in [1.807, 2.05) is 0 Å². The van der Waals surface area contributed by atoms with Crippen molar-refractivity contribution in [3.05, 3.63) is 24.0 Å². The molecule has 0 aliphatic heterocycles. The quantitative estimate of drug-likeness (QED) is 0.742. The number of hydrogen-bond donors (Lipinski definition) is 3. The Labute approximate surface area is 105 Å². The summed E-state index contributed by atoms with van der Waals surface area (Å²) < 4.78 is 13.3. The Balaban J connectivity index is 2.72. The van der Waals surface area contributed by atoms with Gasteiger partial charge in [0, 0.05) is 19.0 Å².